The minimum Gasteiger partial charge on any atom is -0.394 e. The van der Waals surface area contributed by atoms with E-state index >= 15 is 0 Å². The van der Waals surface area contributed by atoms with E-state index in [4.69, 9.17) is 16.3 Å². The van der Waals surface area contributed by atoms with Gasteiger partial charge in [0.1, 0.15) is 0 Å². The lowest BCUT2D eigenvalue weighted by Gasteiger charge is -2.32. The molecule has 0 aliphatic carbocycles. The van der Waals surface area contributed by atoms with Crippen LogP contribution in [0.15, 0.2) is 48.7 Å². The van der Waals surface area contributed by atoms with Crippen molar-refractivity contribution in [3.63, 3.8) is 0 Å². The lowest BCUT2D eigenvalue weighted by atomic mass is 9.94. The maximum atomic E-state index is 10.1. The first-order valence-electron chi connectivity index (χ1n) is 9.30. The number of hydrogen-bond acceptors (Lipinski definition) is 3. The lowest BCUT2D eigenvalue weighted by molar-refractivity contribution is -0.113. The molecule has 4 rings (SSSR count). The highest BCUT2D eigenvalue weighted by atomic mass is 35.5. The van der Waals surface area contributed by atoms with Crippen molar-refractivity contribution < 1.29 is 14.9 Å². The van der Waals surface area contributed by atoms with E-state index < -0.39 is 6.10 Å². The van der Waals surface area contributed by atoms with E-state index in [2.05, 4.69) is 41.1 Å². The summed E-state index contributed by atoms with van der Waals surface area (Å²) < 4.78 is 8.05. The predicted molar refractivity (Wildman–Crippen MR) is 107 cm³/mol. The Morgan fingerprint density at radius 3 is 2.81 bits per heavy atom. The van der Waals surface area contributed by atoms with Crippen LogP contribution in [0.3, 0.4) is 0 Å². The van der Waals surface area contributed by atoms with Gasteiger partial charge in [-0.05, 0) is 52.8 Å². The summed E-state index contributed by atoms with van der Waals surface area (Å²) in [7, 11) is 2.04. The molecule has 2 aromatic carbocycles. The maximum absolute atomic E-state index is 10.1. The fourth-order valence-electron chi connectivity index (χ4n) is 3.91. The van der Waals surface area contributed by atoms with Crippen LogP contribution in [0.1, 0.15) is 35.6 Å². The van der Waals surface area contributed by atoms with Crippen LogP contribution in [0.5, 0.6) is 0 Å². The van der Waals surface area contributed by atoms with Gasteiger partial charge in [0.25, 0.3) is 0 Å². The van der Waals surface area contributed by atoms with Crippen molar-refractivity contribution in [2.24, 2.45) is 7.05 Å². The largest absolute Gasteiger partial charge is 0.394 e. The number of hydrogen-bond donors (Lipinski definition) is 2. The molecule has 3 atom stereocenters. The Labute approximate surface area is 164 Å². The molecule has 0 saturated carbocycles. The SMILES string of the molecule is Cn1ccc2cc(Cc3cc(C4CC(O)CC(CO)O4)ccc3Cl)ccc21. The normalized spacial score (nSPS) is 23.0. The number of ether oxygens (including phenoxy) is 1. The molecule has 0 radical (unpaired) electrons. The molecule has 5 heteroatoms. The third-order valence-electron chi connectivity index (χ3n) is 5.37. The summed E-state index contributed by atoms with van der Waals surface area (Å²) in [5.41, 5.74) is 4.44. The molecule has 1 fully saturated rings. The predicted octanol–water partition coefficient (Wildman–Crippen LogP) is 4.00. The first-order chi connectivity index (χ1) is 13.0. The number of aryl methyl sites for hydroxylation is 1. The number of aromatic nitrogens is 1. The van der Waals surface area contributed by atoms with Gasteiger partial charge in [0.05, 0.1) is 24.9 Å². The van der Waals surface area contributed by atoms with Crippen LogP contribution in [-0.2, 0) is 18.2 Å². The Hall–Kier alpha value is -1.85. The van der Waals surface area contributed by atoms with Crippen LogP contribution in [-0.4, -0.2) is 33.6 Å². The van der Waals surface area contributed by atoms with E-state index in [0.29, 0.717) is 12.8 Å². The van der Waals surface area contributed by atoms with Crippen LogP contribution < -0.4 is 0 Å². The zero-order valence-electron chi connectivity index (χ0n) is 15.3. The molecule has 2 N–H and O–H groups in total. The number of aliphatic hydroxyl groups excluding tert-OH is 2. The van der Waals surface area contributed by atoms with Crippen LogP contribution in [0.2, 0.25) is 5.02 Å². The topological polar surface area (TPSA) is 54.6 Å². The van der Waals surface area contributed by atoms with Gasteiger partial charge >= 0.3 is 0 Å². The molecular formula is C22H24ClNO3. The van der Waals surface area contributed by atoms with E-state index in [0.717, 1.165) is 22.6 Å². The zero-order valence-corrected chi connectivity index (χ0v) is 16.1. The molecule has 0 spiro atoms. The molecular weight excluding hydrogens is 362 g/mol. The summed E-state index contributed by atoms with van der Waals surface area (Å²) in [6.45, 7) is -0.0783. The minimum absolute atomic E-state index is 0.0783. The van der Waals surface area contributed by atoms with E-state index in [1.807, 2.05) is 19.2 Å². The lowest BCUT2D eigenvalue weighted by Crippen LogP contribution is -2.33. The maximum Gasteiger partial charge on any atom is 0.0854 e. The van der Waals surface area contributed by atoms with Gasteiger partial charge < -0.3 is 19.5 Å². The first-order valence-corrected chi connectivity index (χ1v) is 9.68. The van der Waals surface area contributed by atoms with Crippen molar-refractivity contribution in [3.8, 4) is 0 Å². The van der Waals surface area contributed by atoms with Gasteiger partial charge in [0.2, 0.25) is 0 Å². The molecule has 0 amide bonds. The van der Waals surface area contributed by atoms with E-state index in [1.54, 1.807) is 0 Å². The molecule has 3 unspecified atom stereocenters. The third kappa shape index (κ3) is 3.90. The van der Waals surface area contributed by atoms with Crippen LogP contribution >= 0.6 is 11.6 Å². The Bertz CT molecular complexity index is 952. The van der Waals surface area contributed by atoms with Gasteiger partial charge in [-0.3, -0.25) is 0 Å². The van der Waals surface area contributed by atoms with E-state index in [1.165, 1.54) is 16.5 Å². The third-order valence-corrected chi connectivity index (χ3v) is 5.74. The number of nitrogens with zero attached hydrogens (tertiary/aromatic N) is 1. The quantitative estimate of drug-likeness (QED) is 0.713. The summed E-state index contributed by atoms with van der Waals surface area (Å²) in [6.07, 6.45) is 2.80. The Balaban J connectivity index is 1.59. The molecule has 4 nitrogen and oxygen atoms in total. The number of benzene rings is 2. The molecule has 27 heavy (non-hydrogen) atoms. The average Bonchev–Trinajstić information content (AvgIpc) is 3.03. The highest BCUT2D eigenvalue weighted by Crippen LogP contribution is 2.34. The second kappa shape index (κ2) is 7.64. The van der Waals surface area contributed by atoms with Crippen molar-refractivity contribution in [2.75, 3.05) is 6.61 Å². The van der Waals surface area contributed by atoms with Crippen LogP contribution in [0, 0.1) is 0 Å². The van der Waals surface area contributed by atoms with Gasteiger partial charge in [0.15, 0.2) is 0 Å². The highest BCUT2D eigenvalue weighted by molar-refractivity contribution is 6.31. The number of halogens is 1. The summed E-state index contributed by atoms with van der Waals surface area (Å²) in [6, 6.07) is 14.5. The van der Waals surface area contributed by atoms with Gasteiger partial charge in [0, 0.05) is 36.6 Å². The van der Waals surface area contributed by atoms with Crippen molar-refractivity contribution in [1.29, 1.82) is 0 Å². The zero-order chi connectivity index (χ0) is 19.0. The summed E-state index contributed by atoms with van der Waals surface area (Å²) in [5, 5.41) is 21.4. The smallest absolute Gasteiger partial charge is 0.0854 e. The molecule has 1 aromatic heterocycles. The van der Waals surface area contributed by atoms with E-state index in [-0.39, 0.29) is 18.8 Å². The average molecular weight is 386 g/mol. The summed E-state index contributed by atoms with van der Waals surface area (Å²) >= 11 is 6.46. The van der Waals surface area contributed by atoms with Gasteiger partial charge in [-0.25, -0.2) is 0 Å². The Kier molecular flexibility index (Phi) is 5.24. The summed E-state index contributed by atoms with van der Waals surface area (Å²) in [4.78, 5) is 0. The molecule has 3 aromatic rings. The van der Waals surface area contributed by atoms with Gasteiger partial charge in [-0.2, -0.15) is 0 Å². The monoisotopic (exact) mass is 385 g/mol. The Morgan fingerprint density at radius 1 is 1.15 bits per heavy atom. The molecule has 1 saturated heterocycles. The van der Waals surface area contributed by atoms with Crippen molar-refractivity contribution in [2.45, 2.75) is 37.6 Å². The van der Waals surface area contributed by atoms with Crippen molar-refractivity contribution in [3.05, 3.63) is 70.4 Å². The van der Waals surface area contributed by atoms with Crippen molar-refractivity contribution >= 4 is 22.5 Å². The first kappa shape index (κ1) is 18.5. The minimum atomic E-state index is -0.458. The Morgan fingerprint density at radius 2 is 2.00 bits per heavy atom. The standard InChI is InChI=1S/C22H24ClNO3/c1-24-7-6-15-8-14(2-5-21(15)24)9-17-10-16(3-4-20(17)23)22-12-18(26)11-19(13-25)27-22/h2-8,10,18-19,22,25-26H,9,11-13H2,1H3. The summed E-state index contributed by atoms with van der Waals surface area (Å²) in [5.74, 6) is 0. The van der Waals surface area contributed by atoms with Crippen LogP contribution in [0.25, 0.3) is 10.9 Å². The van der Waals surface area contributed by atoms with Gasteiger partial charge in [-0.15, -0.1) is 0 Å². The fourth-order valence-corrected chi connectivity index (χ4v) is 4.10. The molecule has 0 bridgehead atoms. The molecule has 1 aliphatic heterocycles. The second-order valence-corrected chi connectivity index (χ2v) is 7.81. The second-order valence-electron chi connectivity index (χ2n) is 7.40. The van der Waals surface area contributed by atoms with Crippen molar-refractivity contribution in [1.82, 2.24) is 4.57 Å². The van der Waals surface area contributed by atoms with E-state index in [9.17, 15) is 10.2 Å². The number of fused-ring (bicyclic) bond motifs is 1. The van der Waals surface area contributed by atoms with Crippen LogP contribution in [0.4, 0.5) is 0 Å². The fraction of sp³-hybridized carbons (Fsp3) is 0.364. The molecule has 1 aliphatic rings. The number of aliphatic hydroxyl groups is 2. The molecule has 2 heterocycles. The highest BCUT2D eigenvalue weighted by Gasteiger charge is 2.29. The van der Waals surface area contributed by atoms with Gasteiger partial charge in [-0.1, -0.05) is 29.8 Å². The number of rotatable bonds is 4. The molecule has 142 valence electrons.